The van der Waals surface area contributed by atoms with Crippen LogP contribution in [0.5, 0.6) is 0 Å². The Morgan fingerprint density at radius 2 is 1.57 bits per heavy atom. The van der Waals surface area contributed by atoms with E-state index in [2.05, 4.69) is 72.5 Å². The molecule has 0 aliphatic carbocycles. The van der Waals surface area contributed by atoms with E-state index in [1.807, 2.05) is 0 Å². The predicted molar refractivity (Wildman–Crippen MR) is 90.0 cm³/mol. The molecule has 0 aliphatic rings. The third-order valence-corrected chi connectivity index (χ3v) is 3.80. The van der Waals surface area contributed by atoms with Crippen LogP contribution in [0.4, 0.5) is 0 Å². The first-order valence-corrected chi connectivity index (χ1v) is 7.88. The SMILES string of the molecule is CCCN(Cc1ccccc1)C(CCN)c1ccccc1. The summed E-state index contributed by atoms with van der Waals surface area (Å²) in [5, 5.41) is 0. The zero-order valence-corrected chi connectivity index (χ0v) is 12.9. The van der Waals surface area contributed by atoms with E-state index in [0.717, 1.165) is 25.9 Å². The first-order valence-electron chi connectivity index (χ1n) is 7.88. The van der Waals surface area contributed by atoms with Crippen molar-refractivity contribution in [2.45, 2.75) is 32.4 Å². The molecule has 21 heavy (non-hydrogen) atoms. The molecule has 2 nitrogen and oxygen atoms in total. The van der Waals surface area contributed by atoms with Crippen molar-refractivity contribution < 1.29 is 0 Å². The van der Waals surface area contributed by atoms with E-state index in [-0.39, 0.29) is 0 Å². The lowest BCUT2D eigenvalue weighted by Gasteiger charge is -2.32. The molecule has 2 aromatic rings. The highest BCUT2D eigenvalue weighted by Crippen LogP contribution is 2.25. The molecule has 0 radical (unpaired) electrons. The Balaban J connectivity index is 2.20. The summed E-state index contributed by atoms with van der Waals surface area (Å²) in [6, 6.07) is 21.8. The van der Waals surface area contributed by atoms with Gasteiger partial charge < -0.3 is 5.73 Å². The van der Waals surface area contributed by atoms with Gasteiger partial charge in [-0.15, -0.1) is 0 Å². The highest BCUT2D eigenvalue weighted by molar-refractivity contribution is 5.20. The second kappa shape index (κ2) is 8.60. The van der Waals surface area contributed by atoms with Gasteiger partial charge in [0.1, 0.15) is 0 Å². The molecule has 0 spiro atoms. The molecular formula is C19H26N2. The number of nitrogens with zero attached hydrogens (tertiary/aromatic N) is 1. The number of nitrogens with two attached hydrogens (primary N) is 1. The Morgan fingerprint density at radius 3 is 2.14 bits per heavy atom. The van der Waals surface area contributed by atoms with Crippen LogP contribution in [0.1, 0.15) is 36.9 Å². The normalized spacial score (nSPS) is 12.5. The summed E-state index contributed by atoms with van der Waals surface area (Å²) < 4.78 is 0. The van der Waals surface area contributed by atoms with E-state index in [0.29, 0.717) is 12.6 Å². The molecule has 0 saturated carbocycles. The van der Waals surface area contributed by atoms with E-state index in [9.17, 15) is 0 Å². The van der Waals surface area contributed by atoms with E-state index in [4.69, 9.17) is 5.73 Å². The summed E-state index contributed by atoms with van der Waals surface area (Å²) in [7, 11) is 0. The van der Waals surface area contributed by atoms with Gasteiger partial charge >= 0.3 is 0 Å². The first kappa shape index (κ1) is 15.7. The number of hydrogen-bond acceptors (Lipinski definition) is 2. The summed E-state index contributed by atoms with van der Waals surface area (Å²) in [6.45, 7) is 5.03. The maximum Gasteiger partial charge on any atom is 0.0363 e. The van der Waals surface area contributed by atoms with E-state index >= 15 is 0 Å². The molecule has 0 amide bonds. The number of hydrogen-bond donors (Lipinski definition) is 1. The highest BCUT2D eigenvalue weighted by atomic mass is 15.2. The number of benzene rings is 2. The largest absolute Gasteiger partial charge is 0.330 e. The number of rotatable bonds is 8. The molecule has 0 heterocycles. The Hall–Kier alpha value is -1.64. The van der Waals surface area contributed by atoms with Crippen molar-refractivity contribution in [2.24, 2.45) is 5.73 Å². The van der Waals surface area contributed by atoms with Crippen molar-refractivity contribution in [3.63, 3.8) is 0 Å². The molecule has 2 N–H and O–H groups in total. The Labute approximate surface area is 128 Å². The standard InChI is InChI=1S/C19H26N2/c1-2-15-21(16-17-9-5-3-6-10-17)19(13-14-20)18-11-7-4-8-12-18/h3-12,19H,2,13-16,20H2,1H3. The maximum absolute atomic E-state index is 5.87. The molecule has 2 heteroatoms. The fourth-order valence-corrected chi connectivity index (χ4v) is 2.84. The average molecular weight is 282 g/mol. The van der Waals surface area contributed by atoms with Crippen molar-refractivity contribution >= 4 is 0 Å². The lowest BCUT2D eigenvalue weighted by molar-refractivity contribution is 0.180. The van der Waals surface area contributed by atoms with Crippen molar-refractivity contribution in [1.29, 1.82) is 0 Å². The molecular weight excluding hydrogens is 256 g/mol. The van der Waals surface area contributed by atoms with E-state index < -0.39 is 0 Å². The second-order valence-corrected chi connectivity index (χ2v) is 5.46. The first-order chi connectivity index (χ1) is 10.3. The maximum atomic E-state index is 5.87. The van der Waals surface area contributed by atoms with Crippen molar-refractivity contribution in [3.05, 3.63) is 71.8 Å². The Morgan fingerprint density at radius 1 is 0.952 bits per heavy atom. The van der Waals surface area contributed by atoms with Gasteiger partial charge in [0.25, 0.3) is 0 Å². The predicted octanol–water partition coefficient (Wildman–Crippen LogP) is 3.99. The van der Waals surface area contributed by atoms with Crippen LogP contribution in [-0.4, -0.2) is 18.0 Å². The minimum Gasteiger partial charge on any atom is -0.330 e. The lowest BCUT2D eigenvalue weighted by atomic mass is 10.0. The monoisotopic (exact) mass is 282 g/mol. The van der Waals surface area contributed by atoms with Crippen LogP contribution < -0.4 is 5.73 Å². The molecule has 0 aliphatic heterocycles. The molecule has 2 rings (SSSR count). The zero-order valence-electron chi connectivity index (χ0n) is 12.9. The van der Waals surface area contributed by atoms with Crippen LogP contribution >= 0.6 is 0 Å². The van der Waals surface area contributed by atoms with Gasteiger partial charge in [0.15, 0.2) is 0 Å². The van der Waals surface area contributed by atoms with Gasteiger partial charge in [-0.1, -0.05) is 67.6 Å². The molecule has 0 bridgehead atoms. The van der Waals surface area contributed by atoms with Crippen LogP contribution in [0.25, 0.3) is 0 Å². The molecule has 0 aromatic heterocycles. The summed E-state index contributed by atoms with van der Waals surface area (Å²) in [4.78, 5) is 2.55. The Bertz CT molecular complexity index is 495. The summed E-state index contributed by atoms with van der Waals surface area (Å²) in [6.07, 6.45) is 2.15. The van der Waals surface area contributed by atoms with Gasteiger partial charge in [0.2, 0.25) is 0 Å². The summed E-state index contributed by atoms with van der Waals surface area (Å²) in [5.74, 6) is 0. The topological polar surface area (TPSA) is 29.3 Å². The molecule has 112 valence electrons. The van der Waals surface area contributed by atoms with E-state index in [1.165, 1.54) is 11.1 Å². The molecule has 0 fully saturated rings. The van der Waals surface area contributed by atoms with Crippen LogP contribution in [-0.2, 0) is 6.54 Å². The van der Waals surface area contributed by atoms with Gasteiger partial charge in [0, 0.05) is 12.6 Å². The van der Waals surface area contributed by atoms with Crippen LogP contribution in [0.3, 0.4) is 0 Å². The zero-order chi connectivity index (χ0) is 14.9. The molecule has 1 unspecified atom stereocenters. The van der Waals surface area contributed by atoms with Crippen molar-refractivity contribution in [3.8, 4) is 0 Å². The summed E-state index contributed by atoms with van der Waals surface area (Å²) >= 11 is 0. The third-order valence-electron chi connectivity index (χ3n) is 3.80. The third kappa shape index (κ3) is 4.69. The second-order valence-electron chi connectivity index (χ2n) is 5.46. The molecule has 2 aromatic carbocycles. The van der Waals surface area contributed by atoms with Crippen molar-refractivity contribution in [2.75, 3.05) is 13.1 Å². The van der Waals surface area contributed by atoms with E-state index in [1.54, 1.807) is 0 Å². The van der Waals surface area contributed by atoms with Gasteiger partial charge in [0.05, 0.1) is 0 Å². The molecule has 1 atom stereocenters. The van der Waals surface area contributed by atoms with Crippen LogP contribution in [0, 0.1) is 0 Å². The highest BCUT2D eigenvalue weighted by Gasteiger charge is 2.19. The fraction of sp³-hybridized carbons (Fsp3) is 0.368. The fourth-order valence-electron chi connectivity index (χ4n) is 2.84. The van der Waals surface area contributed by atoms with Gasteiger partial charge in [-0.2, -0.15) is 0 Å². The lowest BCUT2D eigenvalue weighted by Crippen LogP contribution is -2.30. The van der Waals surface area contributed by atoms with Crippen molar-refractivity contribution in [1.82, 2.24) is 4.90 Å². The molecule has 0 saturated heterocycles. The van der Waals surface area contributed by atoms with Gasteiger partial charge in [-0.05, 0) is 37.1 Å². The smallest absolute Gasteiger partial charge is 0.0363 e. The minimum atomic E-state index is 0.399. The van der Waals surface area contributed by atoms with Crippen LogP contribution in [0.15, 0.2) is 60.7 Å². The average Bonchev–Trinajstić information content (AvgIpc) is 2.54. The Kier molecular flexibility index (Phi) is 6.45. The quantitative estimate of drug-likeness (QED) is 0.793. The summed E-state index contributed by atoms with van der Waals surface area (Å²) in [5.41, 5.74) is 8.60. The minimum absolute atomic E-state index is 0.399. The van der Waals surface area contributed by atoms with Gasteiger partial charge in [-0.3, -0.25) is 4.90 Å². The van der Waals surface area contributed by atoms with Crippen LogP contribution in [0.2, 0.25) is 0 Å². The van der Waals surface area contributed by atoms with Gasteiger partial charge in [-0.25, -0.2) is 0 Å².